The number of hydrogen-bond acceptors (Lipinski definition) is 7. The molecule has 0 aliphatic heterocycles. The zero-order chi connectivity index (χ0) is 24.4. The van der Waals surface area contributed by atoms with Crippen molar-refractivity contribution in [3.05, 3.63) is 47.7 Å². The number of benzene rings is 1. The molecule has 2 heterocycles. The van der Waals surface area contributed by atoms with E-state index in [-0.39, 0.29) is 27.4 Å². The zero-order valence-electron chi connectivity index (χ0n) is 19.1. The SMILES string of the molecule is Cc1cc(NS(=O)(=O)c2ccc(NC(=O)C34CC5CC(C3)CC(n3cnc(Cl)n3)(C5)C4)cc2)no1. The van der Waals surface area contributed by atoms with Crippen molar-refractivity contribution in [3.8, 4) is 0 Å². The van der Waals surface area contributed by atoms with Gasteiger partial charge in [-0.2, -0.15) is 0 Å². The molecule has 35 heavy (non-hydrogen) atoms. The minimum Gasteiger partial charge on any atom is -0.360 e. The Balaban J connectivity index is 1.20. The van der Waals surface area contributed by atoms with Crippen molar-refractivity contribution < 1.29 is 17.7 Å². The molecule has 2 aromatic heterocycles. The summed E-state index contributed by atoms with van der Waals surface area (Å²) in [7, 11) is -3.83. The first-order chi connectivity index (χ1) is 16.6. The Morgan fingerprint density at radius 2 is 1.89 bits per heavy atom. The van der Waals surface area contributed by atoms with Crippen LogP contribution in [0.15, 0.2) is 46.1 Å². The van der Waals surface area contributed by atoms with Crippen LogP contribution in [0.3, 0.4) is 0 Å². The molecule has 1 amide bonds. The summed E-state index contributed by atoms with van der Waals surface area (Å²) in [6.07, 6.45) is 7.22. The Morgan fingerprint density at radius 3 is 2.49 bits per heavy atom. The first-order valence-corrected chi connectivity index (χ1v) is 13.5. The molecule has 2 atom stereocenters. The maximum Gasteiger partial charge on any atom is 0.263 e. The monoisotopic (exact) mass is 516 g/mol. The Bertz CT molecular complexity index is 1390. The Kier molecular flexibility index (Phi) is 5.02. The summed E-state index contributed by atoms with van der Waals surface area (Å²) in [6, 6.07) is 7.63. The molecule has 2 unspecified atom stereocenters. The molecule has 4 fully saturated rings. The average Bonchev–Trinajstić information content (AvgIpc) is 3.41. The van der Waals surface area contributed by atoms with E-state index in [2.05, 4.69) is 25.3 Å². The van der Waals surface area contributed by atoms with Crippen LogP contribution in [0, 0.1) is 24.2 Å². The predicted molar refractivity (Wildman–Crippen MR) is 127 cm³/mol. The van der Waals surface area contributed by atoms with Gasteiger partial charge in [0.2, 0.25) is 11.2 Å². The molecule has 4 bridgehead atoms. The van der Waals surface area contributed by atoms with Crippen LogP contribution in [-0.2, 0) is 20.4 Å². The lowest BCUT2D eigenvalue weighted by molar-refractivity contribution is -0.150. The van der Waals surface area contributed by atoms with E-state index in [1.54, 1.807) is 25.4 Å². The van der Waals surface area contributed by atoms with E-state index < -0.39 is 15.4 Å². The van der Waals surface area contributed by atoms with Gasteiger partial charge >= 0.3 is 0 Å². The highest BCUT2D eigenvalue weighted by Gasteiger charge is 2.61. The number of hydrogen-bond donors (Lipinski definition) is 2. The van der Waals surface area contributed by atoms with Crippen molar-refractivity contribution in [1.29, 1.82) is 0 Å². The second kappa shape index (κ2) is 7.79. The maximum absolute atomic E-state index is 13.6. The van der Waals surface area contributed by atoms with Gasteiger partial charge in [-0.1, -0.05) is 5.16 Å². The number of halogens is 1. The lowest BCUT2D eigenvalue weighted by Gasteiger charge is -2.60. The molecular weight excluding hydrogens is 492 g/mol. The van der Waals surface area contributed by atoms with Crippen LogP contribution >= 0.6 is 11.6 Å². The van der Waals surface area contributed by atoms with Gasteiger partial charge in [0.1, 0.15) is 12.1 Å². The summed E-state index contributed by atoms with van der Waals surface area (Å²) in [6.45, 7) is 1.68. The molecule has 0 saturated heterocycles. The number of nitrogens with one attached hydrogen (secondary N) is 2. The van der Waals surface area contributed by atoms with Gasteiger partial charge in [0.25, 0.3) is 10.0 Å². The van der Waals surface area contributed by atoms with Crippen LogP contribution in [0.25, 0.3) is 0 Å². The quantitative estimate of drug-likeness (QED) is 0.506. The van der Waals surface area contributed by atoms with Crippen LogP contribution in [0.5, 0.6) is 0 Å². The fourth-order valence-electron chi connectivity index (χ4n) is 6.81. The van der Waals surface area contributed by atoms with Gasteiger partial charge in [-0.25, -0.2) is 18.1 Å². The highest BCUT2D eigenvalue weighted by molar-refractivity contribution is 7.92. The summed E-state index contributed by atoms with van der Waals surface area (Å²) in [5.41, 5.74) is -0.163. The number of carbonyl (C=O) groups is 1. The van der Waals surface area contributed by atoms with Crippen LogP contribution in [-0.4, -0.2) is 34.2 Å². The third kappa shape index (κ3) is 3.90. The van der Waals surface area contributed by atoms with Crippen LogP contribution in [0.1, 0.15) is 44.3 Å². The second-order valence-corrected chi connectivity index (χ2v) is 12.4. The second-order valence-electron chi connectivity index (χ2n) is 10.3. The molecular formula is C23H25ClN6O4S. The van der Waals surface area contributed by atoms with Crippen molar-refractivity contribution in [1.82, 2.24) is 19.9 Å². The minimum atomic E-state index is -3.83. The van der Waals surface area contributed by atoms with Gasteiger partial charge in [-0.15, -0.1) is 5.10 Å². The Morgan fingerprint density at radius 1 is 1.17 bits per heavy atom. The molecule has 10 nitrogen and oxygen atoms in total. The summed E-state index contributed by atoms with van der Waals surface area (Å²) in [5, 5.41) is 11.3. The topological polar surface area (TPSA) is 132 Å². The smallest absolute Gasteiger partial charge is 0.263 e. The molecule has 2 N–H and O–H groups in total. The highest BCUT2D eigenvalue weighted by Crippen LogP contribution is 2.64. The number of aryl methyl sites for hydroxylation is 1. The Hall–Kier alpha value is -2.92. The molecule has 7 rings (SSSR count). The van der Waals surface area contributed by atoms with Crippen molar-refractivity contribution >= 4 is 39.0 Å². The van der Waals surface area contributed by atoms with E-state index in [0.29, 0.717) is 29.7 Å². The molecule has 0 radical (unpaired) electrons. The third-order valence-corrected chi connectivity index (χ3v) is 9.29. The number of aromatic nitrogens is 4. The third-order valence-electron chi connectivity index (χ3n) is 7.75. The fourth-order valence-corrected chi connectivity index (χ4v) is 7.92. The average molecular weight is 517 g/mol. The molecule has 3 aromatic rings. The summed E-state index contributed by atoms with van der Waals surface area (Å²) in [4.78, 5) is 17.8. The summed E-state index contributed by atoms with van der Waals surface area (Å²) >= 11 is 6.02. The molecule has 4 aliphatic rings. The van der Waals surface area contributed by atoms with E-state index in [0.717, 1.165) is 32.1 Å². The maximum atomic E-state index is 13.6. The number of anilines is 2. The predicted octanol–water partition coefficient (Wildman–Crippen LogP) is 3.96. The minimum absolute atomic E-state index is 0.0195. The first kappa shape index (κ1) is 22.5. The van der Waals surface area contributed by atoms with Gasteiger partial charge in [-0.05, 0) is 93.2 Å². The standard InChI is InChI=1S/C23H25ClN6O4S/c1-14-6-19(28-34-14)29-35(32,33)18-4-2-17(3-5-18)26-20(31)22-8-15-7-16(9-22)11-23(10-15,12-22)30-13-25-21(24)27-30/h2-6,13,15-16H,7-12H2,1H3,(H,26,31)(H,28,29). The summed E-state index contributed by atoms with van der Waals surface area (Å²) < 4.78 is 34.5. The van der Waals surface area contributed by atoms with Crippen molar-refractivity contribution in [2.45, 2.75) is 55.9 Å². The number of amides is 1. The molecule has 0 spiro atoms. The van der Waals surface area contributed by atoms with Crippen molar-refractivity contribution in [2.75, 3.05) is 10.0 Å². The number of nitrogens with zero attached hydrogens (tertiary/aromatic N) is 4. The lowest BCUT2D eigenvalue weighted by Crippen LogP contribution is -2.60. The van der Waals surface area contributed by atoms with Crippen molar-refractivity contribution in [2.24, 2.45) is 17.3 Å². The largest absolute Gasteiger partial charge is 0.360 e. The number of rotatable bonds is 6. The van der Waals surface area contributed by atoms with Gasteiger partial charge in [0.15, 0.2) is 5.82 Å². The van der Waals surface area contributed by atoms with Crippen LogP contribution < -0.4 is 10.0 Å². The van der Waals surface area contributed by atoms with E-state index in [1.807, 2.05) is 4.68 Å². The van der Waals surface area contributed by atoms with E-state index >= 15 is 0 Å². The van der Waals surface area contributed by atoms with Gasteiger partial charge in [-0.3, -0.25) is 9.52 Å². The van der Waals surface area contributed by atoms with E-state index in [9.17, 15) is 13.2 Å². The van der Waals surface area contributed by atoms with Crippen LogP contribution in [0.4, 0.5) is 11.5 Å². The van der Waals surface area contributed by atoms with Crippen LogP contribution in [0.2, 0.25) is 5.28 Å². The first-order valence-electron chi connectivity index (χ1n) is 11.6. The van der Waals surface area contributed by atoms with E-state index in [4.69, 9.17) is 16.1 Å². The van der Waals surface area contributed by atoms with Gasteiger partial charge in [0, 0.05) is 11.8 Å². The number of sulfonamides is 1. The molecule has 4 saturated carbocycles. The van der Waals surface area contributed by atoms with Crippen molar-refractivity contribution in [3.63, 3.8) is 0 Å². The molecule has 1 aromatic carbocycles. The molecule has 12 heteroatoms. The highest BCUT2D eigenvalue weighted by atomic mass is 35.5. The molecule has 184 valence electrons. The fraction of sp³-hybridized carbons (Fsp3) is 0.478. The van der Waals surface area contributed by atoms with E-state index in [1.165, 1.54) is 18.2 Å². The number of carbonyl (C=O) groups excluding carboxylic acids is 1. The Labute approximate surface area is 207 Å². The zero-order valence-corrected chi connectivity index (χ0v) is 20.6. The van der Waals surface area contributed by atoms with Gasteiger partial charge in [0.05, 0.1) is 15.8 Å². The lowest BCUT2D eigenvalue weighted by atomic mass is 9.46. The normalized spacial score (nSPS) is 29.3. The summed E-state index contributed by atoms with van der Waals surface area (Å²) in [5.74, 6) is 1.52. The van der Waals surface area contributed by atoms with Gasteiger partial charge < -0.3 is 9.84 Å². The molecule has 4 aliphatic carbocycles.